The minimum absolute atomic E-state index is 0.0210. The molecule has 94 valence electrons. The Hall–Kier alpha value is -1.58. The highest BCUT2D eigenvalue weighted by atomic mass is 35.5. The fraction of sp³-hybridized carbons (Fsp3) is 0.143. The molecule has 2 aromatic carbocycles. The Morgan fingerprint density at radius 2 is 1.94 bits per heavy atom. The summed E-state index contributed by atoms with van der Waals surface area (Å²) < 4.78 is 18.4. The largest absolute Gasteiger partial charge is 0.489 e. The van der Waals surface area contributed by atoms with Crippen molar-refractivity contribution in [1.82, 2.24) is 0 Å². The van der Waals surface area contributed by atoms with Crippen molar-refractivity contribution in [3.63, 3.8) is 0 Å². The van der Waals surface area contributed by atoms with Gasteiger partial charge in [0.2, 0.25) is 0 Å². The van der Waals surface area contributed by atoms with Gasteiger partial charge in [0, 0.05) is 0 Å². The maximum absolute atomic E-state index is 13.0. The van der Waals surface area contributed by atoms with Crippen LogP contribution in [0.1, 0.15) is 11.7 Å². The molecule has 0 spiro atoms. The summed E-state index contributed by atoms with van der Waals surface area (Å²) in [6, 6.07) is 12.8. The summed E-state index contributed by atoms with van der Waals surface area (Å²) in [6.07, 6.45) is -0.892. The molecule has 0 radical (unpaired) electrons. The number of para-hydroxylation sites is 1. The molecule has 0 aliphatic carbocycles. The van der Waals surface area contributed by atoms with Gasteiger partial charge in [0.25, 0.3) is 0 Å². The van der Waals surface area contributed by atoms with Gasteiger partial charge in [0.15, 0.2) is 0 Å². The van der Waals surface area contributed by atoms with Crippen LogP contribution in [0.4, 0.5) is 4.39 Å². The Bertz CT molecular complexity index is 531. The monoisotopic (exact) mass is 266 g/mol. The Kier molecular flexibility index (Phi) is 4.18. The second kappa shape index (κ2) is 5.85. The van der Waals surface area contributed by atoms with Gasteiger partial charge in [-0.2, -0.15) is 0 Å². The van der Waals surface area contributed by atoms with Crippen molar-refractivity contribution in [2.75, 3.05) is 6.61 Å². The molecule has 1 N–H and O–H groups in total. The number of hydrogen-bond donors (Lipinski definition) is 1. The lowest BCUT2D eigenvalue weighted by molar-refractivity contribution is 0.108. The number of aliphatic hydroxyl groups excluding tert-OH is 1. The van der Waals surface area contributed by atoms with Crippen LogP contribution in [0.3, 0.4) is 0 Å². The zero-order valence-corrected chi connectivity index (χ0v) is 10.3. The van der Waals surface area contributed by atoms with Gasteiger partial charge in [-0.25, -0.2) is 4.39 Å². The van der Waals surface area contributed by atoms with Gasteiger partial charge in [-0.3, -0.25) is 0 Å². The lowest BCUT2D eigenvalue weighted by Gasteiger charge is -2.13. The average Bonchev–Trinajstić information content (AvgIpc) is 2.37. The summed E-state index contributed by atoms with van der Waals surface area (Å²) >= 11 is 5.91. The molecular formula is C14H12ClFO2. The Balaban J connectivity index is 2.00. The van der Waals surface area contributed by atoms with Crippen LogP contribution < -0.4 is 4.74 Å². The zero-order chi connectivity index (χ0) is 13.0. The summed E-state index contributed by atoms with van der Waals surface area (Å²) in [6.45, 7) is 0.0210. The summed E-state index contributed by atoms with van der Waals surface area (Å²) in [5.74, 6) is 0.110. The number of rotatable bonds is 4. The maximum Gasteiger partial charge on any atom is 0.138 e. The summed E-state index contributed by atoms with van der Waals surface area (Å²) in [7, 11) is 0. The number of hydrogen-bond acceptors (Lipinski definition) is 2. The molecule has 0 fully saturated rings. The van der Waals surface area contributed by atoms with Crippen molar-refractivity contribution >= 4 is 11.6 Å². The van der Waals surface area contributed by atoms with Crippen LogP contribution in [-0.4, -0.2) is 11.7 Å². The van der Waals surface area contributed by atoms with Gasteiger partial charge in [0.1, 0.15) is 24.3 Å². The smallest absolute Gasteiger partial charge is 0.138 e. The van der Waals surface area contributed by atoms with Crippen molar-refractivity contribution in [3.05, 3.63) is 64.9 Å². The van der Waals surface area contributed by atoms with E-state index in [9.17, 15) is 9.50 Å². The first kappa shape index (κ1) is 12.9. The molecule has 0 saturated heterocycles. The van der Waals surface area contributed by atoms with Crippen molar-refractivity contribution in [1.29, 1.82) is 0 Å². The first-order valence-corrected chi connectivity index (χ1v) is 5.85. The molecule has 2 nitrogen and oxygen atoms in total. The van der Waals surface area contributed by atoms with E-state index in [1.54, 1.807) is 36.4 Å². The molecule has 1 unspecified atom stereocenters. The highest BCUT2D eigenvalue weighted by molar-refractivity contribution is 6.32. The van der Waals surface area contributed by atoms with Gasteiger partial charge in [-0.1, -0.05) is 35.9 Å². The van der Waals surface area contributed by atoms with Crippen LogP contribution in [0.25, 0.3) is 0 Å². The molecule has 2 aromatic rings. The van der Waals surface area contributed by atoms with E-state index >= 15 is 0 Å². The number of benzene rings is 2. The van der Waals surface area contributed by atoms with Gasteiger partial charge in [-0.05, 0) is 29.8 Å². The van der Waals surface area contributed by atoms with E-state index in [2.05, 4.69) is 0 Å². The average molecular weight is 267 g/mol. The molecule has 4 heteroatoms. The Morgan fingerprint density at radius 3 is 2.67 bits per heavy atom. The molecule has 2 rings (SSSR count). The lowest BCUT2D eigenvalue weighted by atomic mass is 10.1. The molecule has 0 bridgehead atoms. The molecule has 1 atom stereocenters. The van der Waals surface area contributed by atoms with Crippen LogP contribution in [0.5, 0.6) is 5.75 Å². The maximum atomic E-state index is 13.0. The third-order valence-corrected chi connectivity index (χ3v) is 2.78. The molecular weight excluding hydrogens is 255 g/mol. The van der Waals surface area contributed by atoms with Crippen molar-refractivity contribution in [2.45, 2.75) is 6.10 Å². The minimum Gasteiger partial charge on any atom is -0.489 e. The number of ether oxygens (including phenoxy) is 1. The Morgan fingerprint density at radius 1 is 1.17 bits per heavy atom. The highest BCUT2D eigenvalue weighted by Crippen LogP contribution is 2.24. The molecule has 0 heterocycles. The lowest BCUT2D eigenvalue weighted by Crippen LogP contribution is -2.10. The summed E-state index contributed by atoms with van der Waals surface area (Å²) in [5, 5.41) is 10.3. The quantitative estimate of drug-likeness (QED) is 0.916. The molecule has 0 amide bonds. The van der Waals surface area contributed by atoms with Crippen LogP contribution in [0.15, 0.2) is 48.5 Å². The van der Waals surface area contributed by atoms with E-state index in [4.69, 9.17) is 16.3 Å². The normalized spacial score (nSPS) is 12.2. The van der Waals surface area contributed by atoms with Crippen LogP contribution in [0.2, 0.25) is 5.02 Å². The molecule has 18 heavy (non-hydrogen) atoms. The summed E-state index contributed by atoms with van der Waals surface area (Å²) in [5.41, 5.74) is 0.474. The first-order chi connectivity index (χ1) is 8.66. The van der Waals surface area contributed by atoms with E-state index in [0.29, 0.717) is 16.3 Å². The van der Waals surface area contributed by atoms with Crippen molar-refractivity contribution in [2.24, 2.45) is 0 Å². The fourth-order valence-corrected chi connectivity index (χ4v) is 1.73. The number of aliphatic hydroxyl groups is 1. The molecule has 0 aliphatic heterocycles. The van der Waals surface area contributed by atoms with E-state index in [-0.39, 0.29) is 12.4 Å². The molecule has 0 aromatic heterocycles. The number of halogens is 2. The molecule has 0 aliphatic rings. The second-order valence-corrected chi connectivity index (χ2v) is 4.22. The van der Waals surface area contributed by atoms with Gasteiger partial charge in [0.05, 0.1) is 5.02 Å². The SMILES string of the molecule is OC(COc1ccccc1Cl)c1cccc(F)c1. The molecule has 0 saturated carbocycles. The predicted octanol–water partition coefficient (Wildman–Crippen LogP) is 3.59. The van der Waals surface area contributed by atoms with Gasteiger partial charge in [-0.15, -0.1) is 0 Å². The van der Waals surface area contributed by atoms with Crippen LogP contribution >= 0.6 is 11.6 Å². The predicted molar refractivity (Wildman–Crippen MR) is 68.3 cm³/mol. The highest BCUT2D eigenvalue weighted by Gasteiger charge is 2.10. The van der Waals surface area contributed by atoms with E-state index in [1.807, 2.05) is 0 Å². The fourth-order valence-electron chi connectivity index (χ4n) is 1.54. The van der Waals surface area contributed by atoms with E-state index < -0.39 is 6.10 Å². The van der Waals surface area contributed by atoms with Crippen molar-refractivity contribution in [3.8, 4) is 5.75 Å². The third kappa shape index (κ3) is 3.22. The minimum atomic E-state index is -0.892. The standard InChI is InChI=1S/C14H12ClFO2/c15-12-6-1-2-7-14(12)18-9-13(17)10-4-3-5-11(16)8-10/h1-8,13,17H,9H2. The van der Waals surface area contributed by atoms with Gasteiger partial charge >= 0.3 is 0 Å². The topological polar surface area (TPSA) is 29.5 Å². The van der Waals surface area contributed by atoms with E-state index in [1.165, 1.54) is 12.1 Å². The van der Waals surface area contributed by atoms with Crippen LogP contribution in [0, 0.1) is 5.82 Å². The second-order valence-electron chi connectivity index (χ2n) is 3.81. The third-order valence-electron chi connectivity index (χ3n) is 2.47. The van der Waals surface area contributed by atoms with Crippen LogP contribution in [-0.2, 0) is 0 Å². The zero-order valence-electron chi connectivity index (χ0n) is 9.51. The van der Waals surface area contributed by atoms with Crippen molar-refractivity contribution < 1.29 is 14.2 Å². The summed E-state index contributed by atoms with van der Waals surface area (Å²) in [4.78, 5) is 0. The Labute approximate surface area is 110 Å². The van der Waals surface area contributed by atoms with Gasteiger partial charge < -0.3 is 9.84 Å². The van der Waals surface area contributed by atoms with E-state index in [0.717, 1.165) is 0 Å². The first-order valence-electron chi connectivity index (χ1n) is 5.47.